The van der Waals surface area contributed by atoms with Crippen LogP contribution in [0, 0.1) is 0 Å². The highest BCUT2D eigenvalue weighted by Crippen LogP contribution is 2.26. The summed E-state index contributed by atoms with van der Waals surface area (Å²) in [4.78, 5) is 0. The van der Waals surface area contributed by atoms with Crippen molar-refractivity contribution in [1.29, 1.82) is 0 Å². The van der Waals surface area contributed by atoms with Crippen LogP contribution in [0.15, 0.2) is 52.5 Å². The van der Waals surface area contributed by atoms with Gasteiger partial charge in [-0.3, -0.25) is 0 Å². The van der Waals surface area contributed by atoms with Crippen LogP contribution in [0.4, 0.5) is 0 Å². The van der Waals surface area contributed by atoms with Gasteiger partial charge in [0, 0.05) is 11.2 Å². The molecule has 2 nitrogen and oxygen atoms in total. The van der Waals surface area contributed by atoms with Crippen LogP contribution in [0.2, 0.25) is 0 Å². The normalized spacial score (nSPS) is 12.9. The molecule has 0 unspecified atom stereocenters. The van der Waals surface area contributed by atoms with Crippen LogP contribution >= 0.6 is 11.3 Å². The molecule has 0 saturated carbocycles. The quantitative estimate of drug-likeness (QED) is 0.752. The Morgan fingerprint density at radius 1 is 1.22 bits per heavy atom. The molecule has 3 aromatic rings. The van der Waals surface area contributed by atoms with Crippen LogP contribution < -0.4 is 5.32 Å². The van der Waals surface area contributed by atoms with Crippen molar-refractivity contribution in [2.45, 2.75) is 19.5 Å². The summed E-state index contributed by atoms with van der Waals surface area (Å²) in [6.45, 7) is 2.99. The van der Waals surface area contributed by atoms with E-state index >= 15 is 0 Å². The first-order valence-corrected chi connectivity index (χ1v) is 6.94. The molecule has 92 valence electrons. The topological polar surface area (TPSA) is 25.2 Å². The summed E-state index contributed by atoms with van der Waals surface area (Å²) in [7, 11) is 0. The molecular weight excluding hydrogens is 242 g/mol. The third-order valence-electron chi connectivity index (χ3n) is 3.13. The fourth-order valence-corrected chi connectivity index (χ4v) is 3.03. The van der Waals surface area contributed by atoms with Crippen LogP contribution in [0.25, 0.3) is 10.1 Å². The van der Waals surface area contributed by atoms with Crippen LogP contribution in [0.1, 0.15) is 24.3 Å². The summed E-state index contributed by atoms with van der Waals surface area (Å²) in [5.41, 5.74) is 1.36. The van der Waals surface area contributed by atoms with E-state index in [4.69, 9.17) is 4.42 Å². The van der Waals surface area contributed by atoms with Crippen LogP contribution in [0.3, 0.4) is 0 Å². The molecule has 1 N–H and O–H groups in total. The molecular formula is C15H15NOS. The summed E-state index contributed by atoms with van der Waals surface area (Å²) in [5, 5.41) is 7.07. The average Bonchev–Trinajstić information content (AvgIpc) is 3.06. The molecule has 1 aromatic carbocycles. The van der Waals surface area contributed by atoms with Crippen molar-refractivity contribution < 1.29 is 4.42 Å². The van der Waals surface area contributed by atoms with E-state index in [1.807, 2.05) is 12.1 Å². The SMILES string of the molecule is C[C@@H](NCc1csc2ccccc12)c1ccco1. The number of nitrogens with one attached hydrogen (secondary N) is 1. The summed E-state index contributed by atoms with van der Waals surface area (Å²) in [5.74, 6) is 0.981. The van der Waals surface area contributed by atoms with Crippen molar-refractivity contribution >= 4 is 21.4 Å². The standard InChI is InChI=1S/C15H15NOS/c1-11(14-6-4-8-17-14)16-9-12-10-18-15-7-3-2-5-13(12)15/h2-8,10-11,16H,9H2,1H3/t11-/m1/s1. The molecule has 1 atom stereocenters. The van der Waals surface area contributed by atoms with Gasteiger partial charge in [0.15, 0.2) is 0 Å². The molecule has 0 aliphatic heterocycles. The van der Waals surface area contributed by atoms with Gasteiger partial charge < -0.3 is 9.73 Å². The Morgan fingerprint density at radius 2 is 2.11 bits per heavy atom. The minimum Gasteiger partial charge on any atom is -0.468 e. The van der Waals surface area contributed by atoms with E-state index < -0.39 is 0 Å². The molecule has 0 aliphatic carbocycles. The molecule has 2 heterocycles. The third-order valence-corrected chi connectivity index (χ3v) is 4.14. The van der Waals surface area contributed by atoms with Gasteiger partial charge in [-0.2, -0.15) is 0 Å². The van der Waals surface area contributed by atoms with E-state index in [1.165, 1.54) is 15.6 Å². The largest absolute Gasteiger partial charge is 0.468 e. The lowest BCUT2D eigenvalue weighted by Gasteiger charge is -2.10. The molecule has 3 heteroatoms. The molecule has 0 spiro atoms. The zero-order valence-corrected chi connectivity index (χ0v) is 11.0. The van der Waals surface area contributed by atoms with Gasteiger partial charge in [0.25, 0.3) is 0 Å². The summed E-state index contributed by atoms with van der Waals surface area (Å²) >= 11 is 1.80. The fourth-order valence-electron chi connectivity index (χ4n) is 2.07. The molecule has 0 aliphatic rings. The van der Waals surface area contributed by atoms with Gasteiger partial charge in [-0.15, -0.1) is 11.3 Å². The first-order chi connectivity index (χ1) is 8.84. The Bertz CT molecular complexity index is 627. The van der Waals surface area contributed by atoms with Gasteiger partial charge in [-0.05, 0) is 41.5 Å². The van der Waals surface area contributed by atoms with Crippen molar-refractivity contribution in [2.75, 3.05) is 0 Å². The second-order valence-electron chi connectivity index (χ2n) is 4.38. The molecule has 0 bridgehead atoms. The van der Waals surface area contributed by atoms with Gasteiger partial charge in [0.05, 0.1) is 12.3 Å². The average molecular weight is 257 g/mol. The third kappa shape index (κ3) is 2.19. The maximum absolute atomic E-state index is 5.39. The van der Waals surface area contributed by atoms with E-state index in [-0.39, 0.29) is 6.04 Å². The molecule has 0 fully saturated rings. The van der Waals surface area contributed by atoms with Crippen molar-refractivity contribution in [2.24, 2.45) is 0 Å². The lowest BCUT2D eigenvalue weighted by Crippen LogP contribution is -2.17. The number of hydrogen-bond donors (Lipinski definition) is 1. The zero-order valence-electron chi connectivity index (χ0n) is 10.2. The van der Waals surface area contributed by atoms with Gasteiger partial charge in [-0.25, -0.2) is 0 Å². The molecule has 2 aromatic heterocycles. The van der Waals surface area contributed by atoms with Gasteiger partial charge >= 0.3 is 0 Å². The predicted molar refractivity (Wildman–Crippen MR) is 75.8 cm³/mol. The highest BCUT2D eigenvalue weighted by Gasteiger charge is 2.09. The van der Waals surface area contributed by atoms with Crippen molar-refractivity contribution in [1.82, 2.24) is 5.32 Å². The number of benzene rings is 1. The lowest BCUT2D eigenvalue weighted by atomic mass is 10.1. The molecule has 0 amide bonds. The molecule has 3 rings (SSSR count). The van der Waals surface area contributed by atoms with E-state index in [2.05, 4.69) is 41.9 Å². The van der Waals surface area contributed by atoms with E-state index in [0.29, 0.717) is 0 Å². The number of thiophene rings is 1. The molecule has 18 heavy (non-hydrogen) atoms. The second-order valence-corrected chi connectivity index (χ2v) is 5.29. The minimum atomic E-state index is 0.235. The van der Waals surface area contributed by atoms with E-state index in [1.54, 1.807) is 17.6 Å². The Morgan fingerprint density at radius 3 is 2.94 bits per heavy atom. The number of rotatable bonds is 4. The summed E-state index contributed by atoms with van der Waals surface area (Å²) < 4.78 is 6.74. The Hall–Kier alpha value is -1.58. The van der Waals surface area contributed by atoms with Gasteiger partial charge in [-0.1, -0.05) is 18.2 Å². The monoisotopic (exact) mass is 257 g/mol. The van der Waals surface area contributed by atoms with Gasteiger partial charge in [0.2, 0.25) is 0 Å². The Balaban J connectivity index is 1.73. The number of furan rings is 1. The van der Waals surface area contributed by atoms with Gasteiger partial charge in [0.1, 0.15) is 5.76 Å². The summed E-state index contributed by atoms with van der Waals surface area (Å²) in [6, 6.07) is 12.7. The first-order valence-electron chi connectivity index (χ1n) is 6.06. The van der Waals surface area contributed by atoms with E-state index in [9.17, 15) is 0 Å². The lowest BCUT2D eigenvalue weighted by molar-refractivity contribution is 0.431. The number of fused-ring (bicyclic) bond motifs is 1. The first kappa shape index (κ1) is 11.5. The van der Waals surface area contributed by atoms with Crippen LogP contribution in [-0.2, 0) is 6.54 Å². The van der Waals surface area contributed by atoms with E-state index in [0.717, 1.165) is 12.3 Å². The highest BCUT2D eigenvalue weighted by molar-refractivity contribution is 7.17. The molecule has 0 saturated heterocycles. The maximum atomic E-state index is 5.39. The molecule has 0 radical (unpaired) electrons. The Kier molecular flexibility index (Phi) is 3.17. The van der Waals surface area contributed by atoms with Crippen molar-refractivity contribution in [3.05, 3.63) is 59.4 Å². The highest BCUT2D eigenvalue weighted by atomic mass is 32.1. The second kappa shape index (κ2) is 4.96. The zero-order chi connectivity index (χ0) is 12.4. The smallest absolute Gasteiger partial charge is 0.120 e. The Labute approximate surface area is 110 Å². The maximum Gasteiger partial charge on any atom is 0.120 e. The minimum absolute atomic E-state index is 0.235. The number of hydrogen-bond acceptors (Lipinski definition) is 3. The summed E-state index contributed by atoms with van der Waals surface area (Å²) in [6.07, 6.45) is 1.72. The van der Waals surface area contributed by atoms with Crippen LogP contribution in [-0.4, -0.2) is 0 Å². The fraction of sp³-hybridized carbons (Fsp3) is 0.200. The predicted octanol–water partition coefficient (Wildman–Crippen LogP) is 4.35. The van der Waals surface area contributed by atoms with Crippen LogP contribution in [0.5, 0.6) is 0 Å². The van der Waals surface area contributed by atoms with Crippen molar-refractivity contribution in [3.8, 4) is 0 Å². The van der Waals surface area contributed by atoms with Crippen molar-refractivity contribution in [3.63, 3.8) is 0 Å².